The van der Waals surface area contributed by atoms with Crippen LogP contribution in [-0.4, -0.2) is 29.6 Å². The van der Waals surface area contributed by atoms with E-state index >= 15 is 8.78 Å². The number of amides is 1. The molecule has 1 unspecified atom stereocenters. The molecule has 0 saturated carbocycles. The normalized spacial score (nSPS) is 18.3. The van der Waals surface area contributed by atoms with Crippen molar-refractivity contribution in [1.82, 2.24) is 5.32 Å². The van der Waals surface area contributed by atoms with E-state index in [0.717, 1.165) is 11.6 Å². The van der Waals surface area contributed by atoms with Crippen molar-refractivity contribution in [3.05, 3.63) is 80.8 Å². The molecule has 1 atom stereocenters. The first-order chi connectivity index (χ1) is 15.6. The van der Waals surface area contributed by atoms with E-state index in [2.05, 4.69) is 10.5 Å². The Hall–Kier alpha value is -2.09. The molecule has 4 nitrogen and oxygen atoms in total. The smallest absolute Gasteiger partial charge is 0.312 e. The first kappa shape index (κ1) is 25.5. The van der Waals surface area contributed by atoms with Crippen LogP contribution in [0.25, 0.3) is 0 Å². The van der Waals surface area contributed by atoms with Gasteiger partial charge in [-0.05, 0) is 55.5 Å². The lowest BCUT2D eigenvalue weighted by Crippen LogP contribution is -2.44. The zero-order valence-electron chi connectivity index (χ0n) is 18.4. The summed E-state index contributed by atoms with van der Waals surface area (Å²) >= 11 is 14.0. The average Bonchev–Trinajstić information content (AvgIpc) is 3.20. The Bertz CT molecular complexity index is 1090. The lowest BCUT2D eigenvalue weighted by Gasteiger charge is -2.33. The second-order valence-electron chi connectivity index (χ2n) is 7.79. The molecule has 0 saturated heterocycles. The predicted molar refractivity (Wildman–Crippen MR) is 132 cm³/mol. The number of thioether (sulfide) groups is 1. The van der Waals surface area contributed by atoms with Gasteiger partial charge in [-0.1, -0.05) is 52.6 Å². The van der Waals surface area contributed by atoms with Gasteiger partial charge in [0.2, 0.25) is 11.5 Å². The maximum absolute atomic E-state index is 15.4. The molecule has 1 aliphatic rings. The Labute approximate surface area is 206 Å². The summed E-state index contributed by atoms with van der Waals surface area (Å²) in [4.78, 5) is 17.2. The van der Waals surface area contributed by atoms with Crippen LogP contribution in [-0.2, 0) is 21.8 Å². The summed E-state index contributed by atoms with van der Waals surface area (Å²) in [5, 5.41) is 7.57. The number of carbonyl (C=O) groups is 1. The van der Waals surface area contributed by atoms with E-state index < -0.39 is 11.5 Å². The number of aryl methyl sites for hydroxylation is 1. The number of hydrogen-bond donors (Lipinski definition) is 1. The van der Waals surface area contributed by atoms with E-state index in [9.17, 15) is 4.79 Å². The number of benzene rings is 2. The van der Waals surface area contributed by atoms with Crippen LogP contribution in [0.4, 0.5) is 8.78 Å². The third kappa shape index (κ3) is 5.53. The van der Waals surface area contributed by atoms with E-state index in [-0.39, 0.29) is 24.4 Å². The van der Waals surface area contributed by atoms with Crippen molar-refractivity contribution in [2.75, 3.05) is 12.0 Å². The predicted octanol–water partition coefficient (Wildman–Crippen LogP) is 6.51. The lowest BCUT2D eigenvalue weighted by molar-refractivity contribution is -0.176. The topological polar surface area (TPSA) is 50.7 Å². The number of hydrogen-bond acceptors (Lipinski definition) is 4. The first-order valence-electron chi connectivity index (χ1n) is 10.2. The van der Waals surface area contributed by atoms with Crippen molar-refractivity contribution in [2.24, 2.45) is 5.16 Å². The molecule has 1 heterocycles. The molecule has 1 amide bonds. The van der Waals surface area contributed by atoms with Crippen LogP contribution in [0.5, 0.6) is 0 Å². The minimum atomic E-state index is -3.35. The number of allylic oxidation sites excluding steroid dienone is 1. The Morgan fingerprint density at radius 1 is 1.30 bits per heavy atom. The van der Waals surface area contributed by atoms with Gasteiger partial charge in [0, 0.05) is 34.1 Å². The molecule has 0 spiro atoms. The Balaban J connectivity index is 1.91. The summed E-state index contributed by atoms with van der Waals surface area (Å²) in [6, 6.07) is 9.93. The molecule has 176 valence electrons. The van der Waals surface area contributed by atoms with Gasteiger partial charge >= 0.3 is 5.92 Å². The Kier molecular flexibility index (Phi) is 8.08. The molecule has 33 heavy (non-hydrogen) atoms. The van der Waals surface area contributed by atoms with Gasteiger partial charge in [-0.15, -0.1) is 0 Å². The molecule has 1 aliphatic heterocycles. The highest BCUT2D eigenvalue weighted by molar-refractivity contribution is 7.99. The van der Waals surface area contributed by atoms with Crippen LogP contribution in [0, 0.1) is 6.92 Å². The molecular weight excluding hydrogens is 489 g/mol. The second-order valence-corrected chi connectivity index (χ2v) is 9.50. The molecule has 0 bridgehead atoms. The van der Waals surface area contributed by atoms with Crippen molar-refractivity contribution in [2.45, 2.75) is 38.3 Å². The molecule has 1 N–H and O–H groups in total. The summed E-state index contributed by atoms with van der Waals surface area (Å²) in [5.41, 5.74) is 0.564. The molecule has 9 heteroatoms. The van der Waals surface area contributed by atoms with Gasteiger partial charge in [0.05, 0.1) is 11.5 Å². The van der Waals surface area contributed by atoms with Gasteiger partial charge < -0.3 is 10.2 Å². The van der Waals surface area contributed by atoms with Gasteiger partial charge in [0.25, 0.3) is 0 Å². The van der Waals surface area contributed by atoms with Crippen molar-refractivity contribution < 1.29 is 18.4 Å². The van der Waals surface area contributed by atoms with Gasteiger partial charge in [-0.2, -0.15) is 20.5 Å². The Morgan fingerprint density at radius 3 is 2.70 bits per heavy atom. The highest BCUT2D eigenvalue weighted by atomic mass is 35.5. The maximum atomic E-state index is 15.4. The second kappa shape index (κ2) is 10.5. The largest absolute Gasteiger partial charge is 0.377 e. The number of nitrogens with one attached hydrogen (secondary N) is 1. The molecule has 2 aromatic rings. The van der Waals surface area contributed by atoms with E-state index in [0.29, 0.717) is 32.6 Å². The highest BCUT2D eigenvalue weighted by Crippen LogP contribution is 2.49. The van der Waals surface area contributed by atoms with Gasteiger partial charge in [0.15, 0.2) is 0 Å². The van der Waals surface area contributed by atoms with Gasteiger partial charge in [-0.25, -0.2) is 0 Å². The van der Waals surface area contributed by atoms with Crippen LogP contribution in [0.1, 0.15) is 35.6 Å². The molecule has 3 rings (SSSR count). The third-order valence-corrected chi connectivity index (χ3v) is 6.41. The summed E-state index contributed by atoms with van der Waals surface area (Å²) in [7, 11) is 0. The fourth-order valence-electron chi connectivity index (χ4n) is 3.67. The van der Waals surface area contributed by atoms with Crippen molar-refractivity contribution >= 4 is 46.6 Å². The zero-order valence-corrected chi connectivity index (χ0v) is 20.8. The van der Waals surface area contributed by atoms with E-state index in [4.69, 9.17) is 28.0 Å². The number of nitrogens with zero attached hydrogens (tertiary/aromatic N) is 1. The average molecular weight is 513 g/mol. The molecule has 0 radical (unpaired) electrons. The van der Waals surface area contributed by atoms with E-state index in [1.54, 1.807) is 37.3 Å². The number of alkyl halides is 2. The van der Waals surface area contributed by atoms with Crippen LogP contribution in [0.15, 0.2) is 53.7 Å². The summed E-state index contributed by atoms with van der Waals surface area (Å²) in [6.07, 6.45) is 3.77. The van der Waals surface area contributed by atoms with Gasteiger partial charge in [0.1, 0.15) is 0 Å². The molecular formula is C24H24Cl2F2N2O2S. The maximum Gasteiger partial charge on any atom is 0.312 e. The minimum absolute atomic E-state index is 0.0935. The number of rotatable bonds is 8. The molecule has 0 aromatic heterocycles. The third-order valence-electron chi connectivity index (χ3n) is 5.29. The monoisotopic (exact) mass is 512 g/mol. The first-order valence-corrected chi connectivity index (χ1v) is 12.4. The van der Waals surface area contributed by atoms with Crippen molar-refractivity contribution in [3.63, 3.8) is 0 Å². The fraction of sp³-hybridized carbons (Fsp3) is 0.333. The zero-order chi connectivity index (χ0) is 24.2. The fourth-order valence-corrected chi connectivity index (χ4v) is 4.57. The summed E-state index contributed by atoms with van der Waals surface area (Å²) in [5.74, 6) is -3.09. The van der Waals surface area contributed by atoms with Gasteiger partial charge in [-0.3, -0.25) is 4.79 Å². The quantitative estimate of drug-likeness (QED) is 0.410. The van der Waals surface area contributed by atoms with Crippen LogP contribution >= 0.6 is 35.0 Å². The van der Waals surface area contributed by atoms with Crippen LogP contribution in [0.2, 0.25) is 10.0 Å². The van der Waals surface area contributed by atoms with E-state index in [1.807, 2.05) is 6.26 Å². The van der Waals surface area contributed by atoms with Crippen molar-refractivity contribution in [1.29, 1.82) is 0 Å². The van der Waals surface area contributed by atoms with Crippen LogP contribution < -0.4 is 5.32 Å². The highest BCUT2D eigenvalue weighted by Gasteiger charge is 2.59. The van der Waals surface area contributed by atoms with Crippen LogP contribution in [0.3, 0.4) is 0 Å². The molecule has 2 aromatic carbocycles. The number of halogens is 4. The SMILES string of the molecule is CC=CC(F)(F)C1(c2cc(C)cc(Cl)c2)CC(c2ccc(CNC(=O)CSC)c(Cl)c2)=NO1. The number of oxime groups is 1. The number of carbonyl (C=O) groups excluding carboxylic acids is 1. The van der Waals surface area contributed by atoms with Crippen molar-refractivity contribution in [3.8, 4) is 0 Å². The summed E-state index contributed by atoms with van der Waals surface area (Å²) in [6.45, 7) is 3.58. The molecule has 0 aliphatic carbocycles. The Morgan fingerprint density at radius 2 is 2.06 bits per heavy atom. The minimum Gasteiger partial charge on any atom is -0.377 e. The summed E-state index contributed by atoms with van der Waals surface area (Å²) < 4.78 is 30.8. The lowest BCUT2D eigenvalue weighted by atomic mass is 9.81. The molecule has 0 fully saturated rings. The standard InChI is InChI=1S/C24H24Cl2F2N2O2S/c1-4-7-24(27,28)23(18-8-15(2)9-19(25)11-18)12-21(30-32-23)16-5-6-17(20(26)10-16)13-29-22(31)14-33-3/h4-11H,12-14H2,1-3H3,(H,29,31). The van der Waals surface area contributed by atoms with E-state index in [1.165, 1.54) is 30.8 Å².